The number of phenolic OH excluding ortho intramolecular Hbond substituents is 1. The van der Waals surface area contributed by atoms with Gasteiger partial charge in [-0.25, -0.2) is 0 Å². The molecule has 0 saturated carbocycles. The number of phenols is 1. The van der Waals surface area contributed by atoms with Gasteiger partial charge in [-0.15, -0.1) is 15.3 Å². The highest BCUT2D eigenvalue weighted by molar-refractivity contribution is 7.86. The molecule has 0 bridgehead atoms. The molecule has 0 atom stereocenters. The molecule has 0 fully saturated rings. The van der Waals surface area contributed by atoms with E-state index in [1.165, 1.54) is 30.3 Å². The molecular formula is C28H21N7O7S2. The highest BCUT2D eigenvalue weighted by Gasteiger charge is 2.21. The van der Waals surface area contributed by atoms with Crippen LogP contribution in [0.3, 0.4) is 0 Å². The third-order valence-corrected chi connectivity index (χ3v) is 7.80. The molecular weight excluding hydrogens is 610 g/mol. The van der Waals surface area contributed by atoms with Crippen molar-refractivity contribution in [3.05, 3.63) is 97.1 Å². The van der Waals surface area contributed by atoms with Gasteiger partial charge < -0.3 is 10.8 Å². The van der Waals surface area contributed by atoms with Crippen LogP contribution in [0.5, 0.6) is 5.75 Å². The van der Waals surface area contributed by atoms with Crippen molar-refractivity contribution in [1.82, 2.24) is 0 Å². The average Bonchev–Trinajstić information content (AvgIpc) is 2.99. The van der Waals surface area contributed by atoms with E-state index in [-0.39, 0.29) is 39.3 Å². The number of nitrogens with zero attached hydrogens (tertiary/aromatic N) is 6. The molecule has 0 radical (unpaired) electrons. The second kappa shape index (κ2) is 12.1. The minimum absolute atomic E-state index is 0.0462. The second-order valence-corrected chi connectivity index (χ2v) is 11.9. The van der Waals surface area contributed by atoms with Crippen LogP contribution in [-0.2, 0) is 20.2 Å². The first-order valence-corrected chi connectivity index (χ1v) is 15.3. The molecule has 0 saturated heterocycles. The summed E-state index contributed by atoms with van der Waals surface area (Å²) in [6, 6.07) is 23.7. The standard InChI is InChI=1S/C28H21N7O7S2/c29-28-22(7-4-8-25(28)36)33-31-20-9-11-21(12-10-20)32-35-24-14-17-13-23(34-30-19-5-2-1-3-6-19)26(43(37,38)39)15-18(17)16-27(24)44(40,41)42/h1-16,36H,29H2,(H,37,38,39)(H,40,41,42). The van der Waals surface area contributed by atoms with Crippen LogP contribution in [0.15, 0.2) is 138 Å². The Morgan fingerprint density at radius 2 is 0.932 bits per heavy atom. The van der Waals surface area contributed by atoms with Crippen LogP contribution in [0.4, 0.5) is 39.8 Å². The molecule has 0 aliphatic rings. The van der Waals surface area contributed by atoms with E-state index in [9.17, 15) is 31.0 Å². The monoisotopic (exact) mass is 631 g/mol. The van der Waals surface area contributed by atoms with E-state index in [1.54, 1.807) is 54.6 Å². The number of hydrogen-bond donors (Lipinski definition) is 4. The Bertz CT molecular complexity index is 2190. The van der Waals surface area contributed by atoms with Gasteiger partial charge in [-0.2, -0.15) is 32.2 Å². The van der Waals surface area contributed by atoms with Crippen LogP contribution < -0.4 is 5.73 Å². The normalized spacial score (nSPS) is 12.6. The van der Waals surface area contributed by atoms with E-state index in [0.717, 1.165) is 12.1 Å². The van der Waals surface area contributed by atoms with Crippen molar-refractivity contribution >= 4 is 70.8 Å². The summed E-state index contributed by atoms with van der Waals surface area (Å²) in [4.78, 5) is -1.27. The number of azo groups is 3. The Kier molecular flexibility index (Phi) is 8.23. The molecule has 5 aromatic rings. The fourth-order valence-electron chi connectivity index (χ4n) is 3.90. The van der Waals surface area contributed by atoms with Gasteiger partial charge in [-0.3, -0.25) is 9.11 Å². The molecule has 0 aromatic heterocycles. The van der Waals surface area contributed by atoms with Crippen molar-refractivity contribution in [1.29, 1.82) is 0 Å². The maximum atomic E-state index is 12.2. The van der Waals surface area contributed by atoms with Gasteiger partial charge in [0.1, 0.15) is 38.3 Å². The maximum absolute atomic E-state index is 12.2. The molecule has 0 amide bonds. The SMILES string of the molecule is Nc1c(O)cccc1N=Nc1ccc(N=Nc2cc3cc(N=Nc4ccccc4)c(S(=O)(=O)O)cc3cc2S(=O)(=O)O)cc1. The zero-order valence-electron chi connectivity index (χ0n) is 22.3. The van der Waals surface area contributed by atoms with Gasteiger partial charge >= 0.3 is 0 Å². The van der Waals surface area contributed by atoms with Gasteiger partial charge in [0.2, 0.25) is 0 Å². The van der Waals surface area contributed by atoms with E-state index >= 15 is 0 Å². The predicted octanol–water partition coefficient (Wildman–Crippen LogP) is 7.87. The molecule has 5 rings (SSSR count). The number of aromatic hydroxyl groups is 1. The van der Waals surface area contributed by atoms with Gasteiger partial charge in [-0.1, -0.05) is 24.3 Å². The lowest BCUT2D eigenvalue weighted by Crippen LogP contribution is -2.01. The molecule has 44 heavy (non-hydrogen) atoms. The number of hydrogen-bond acceptors (Lipinski definition) is 12. The fraction of sp³-hybridized carbons (Fsp3) is 0. The van der Waals surface area contributed by atoms with Crippen LogP contribution in [0.1, 0.15) is 0 Å². The molecule has 222 valence electrons. The summed E-state index contributed by atoms with van der Waals surface area (Å²) >= 11 is 0. The smallest absolute Gasteiger partial charge is 0.296 e. The van der Waals surface area contributed by atoms with Crippen molar-refractivity contribution in [3.8, 4) is 5.75 Å². The minimum Gasteiger partial charge on any atom is -0.506 e. The van der Waals surface area contributed by atoms with Crippen molar-refractivity contribution in [3.63, 3.8) is 0 Å². The van der Waals surface area contributed by atoms with E-state index in [2.05, 4.69) is 30.7 Å². The number of rotatable bonds is 8. The Hall–Kier alpha value is -5.42. The largest absolute Gasteiger partial charge is 0.506 e. The highest BCUT2D eigenvalue weighted by atomic mass is 32.2. The zero-order chi connectivity index (χ0) is 31.5. The number of para-hydroxylation sites is 1. The van der Waals surface area contributed by atoms with Crippen LogP contribution in [0.25, 0.3) is 10.8 Å². The van der Waals surface area contributed by atoms with Gasteiger partial charge in [-0.05, 0) is 83.6 Å². The van der Waals surface area contributed by atoms with Crippen LogP contribution >= 0.6 is 0 Å². The van der Waals surface area contributed by atoms with Gasteiger partial charge in [0.25, 0.3) is 20.2 Å². The first-order chi connectivity index (χ1) is 20.9. The Morgan fingerprint density at radius 3 is 1.41 bits per heavy atom. The van der Waals surface area contributed by atoms with Crippen LogP contribution in [-0.4, -0.2) is 31.0 Å². The maximum Gasteiger partial charge on any atom is 0.296 e. The first kappa shape index (κ1) is 30.1. The third kappa shape index (κ3) is 6.96. The summed E-state index contributed by atoms with van der Waals surface area (Å²) in [6.45, 7) is 0. The average molecular weight is 632 g/mol. The lowest BCUT2D eigenvalue weighted by Gasteiger charge is -2.09. The Labute approximate surface area is 250 Å². The molecule has 5 aromatic carbocycles. The van der Waals surface area contributed by atoms with Crippen LogP contribution in [0.2, 0.25) is 0 Å². The van der Waals surface area contributed by atoms with Gasteiger partial charge in [0.15, 0.2) is 0 Å². The second-order valence-electron chi connectivity index (χ2n) is 9.10. The molecule has 0 unspecified atom stereocenters. The van der Waals surface area contributed by atoms with E-state index < -0.39 is 30.0 Å². The summed E-state index contributed by atoms with van der Waals surface area (Å²) in [5.41, 5.74) is 6.78. The molecule has 0 heterocycles. The van der Waals surface area contributed by atoms with Crippen molar-refractivity contribution in [2.45, 2.75) is 9.79 Å². The quantitative estimate of drug-likeness (QED) is 0.0568. The Morgan fingerprint density at radius 1 is 0.500 bits per heavy atom. The Balaban J connectivity index is 1.51. The minimum atomic E-state index is -4.84. The summed E-state index contributed by atoms with van der Waals surface area (Å²) in [5, 5.41) is 34.1. The first-order valence-electron chi connectivity index (χ1n) is 12.4. The lowest BCUT2D eigenvalue weighted by molar-refractivity contribution is 0.478. The third-order valence-electron chi connectivity index (χ3n) is 6.04. The van der Waals surface area contributed by atoms with E-state index in [1.807, 2.05) is 0 Å². The lowest BCUT2D eigenvalue weighted by atomic mass is 10.1. The summed E-state index contributed by atoms with van der Waals surface area (Å²) in [7, 11) is -9.65. The van der Waals surface area contributed by atoms with Crippen molar-refractivity contribution in [2.24, 2.45) is 30.7 Å². The number of fused-ring (bicyclic) bond motifs is 1. The molecule has 0 aliphatic carbocycles. The van der Waals surface area contributed by atoms with Crippen LogP contribution in [0, 0.1) is 0 Å². The molecule has 5 N–H and O–H groups in total. The van der Waals surface area contributed by atoms with Crippen molar-refractivity contribution in [2.75, 3.05) is 5.73 Å². The molecule has 0 spiro atoms. The molecule has 0 aliphatic heterocycles. The zero-order valence-corrected chi connectivity index (χ0v) is 23.9. The number of nitrogen functional groups attached to an aromatic ring is 1. The van der Waals surface area contributed by atoms with E-state index in [4.69, 9.17) is 5.73 Å². The molecule has 14 nitrogen and oxygen atoms in total. The van der Waals surface area contributed by atoms with Gasteiger partial charge in [0, 0.05) is 0 Å². The number of anilines is 1. The van der Waals surface area contributed by atoms with Gasteiger partial charge in [0.05, 0.1) is 17.1 Å². The molecule has 16 heteroatoms. The summed E-state index contributed by atoms with van der Waals surface area (Å²) in [5.74, 6) is -0.123. The highest BCUT2D eigenvalue weighted by Crippen LogP contribution is 2.37. The summed E-state index contributed by atoms with van der Waals surface area (Å²) < 4.78 is 68.3. The summed E-state index contributed by atoms with van der Waals surface area (Å²) in [6.07, 6.45) is 0. The van der Waals surface area contributed by atoms with Crippen molar-refractivity contribution < 1.29 is 31.0 Å². The topological polar surface area (TPSA) is 229 Å². The number of nitrogens with two attached hydrogens (primary N) is 1. The van der Waals surface area contributed by atoms with E-state index in [0.29, 0.717) is 17.1 Å². The predicted molar refractivity (Wildman–Crippen MR) is 162 cm³/mol. The fourth-order valence-corrected chi connectivity index (χ4v) is 5.18. The number of benzene rings is 5.